The number of rotatable bonds is 14. The van der Waals surface area contributed by atoms with Gasteiger partial charge in [0.15, 0.2) is 0 Å². The van der Waals surface area contributed by atoms with Crippen molar-refractivity contribution in [1.82, 2.24) is 15.5 Å². The molecule has 0 saturated carbocycles. The third-order valence-corrected chi connectivity index (χ3v) is 4.07. The highest BCUT2D eigenvalue weighted by atomic mass is 16.3. The lowest BCUT2D eigenvalue weighted by Crippen LogP contribution is -2.57. The number of hydrogen-bond donors (Lipinski definition) is 8. The Balaban J connectivity index is 4.29. The third kappa shape index (κ3) is 7.91. The standard InChI is InChI=1S/C15H31N3O8/c1-18(4-2-12(25)16-14(6-19,7-20)8-21)5-3-13(26)17-15(9-22,10-23)11-24/h19-24H,2-11H2,1H3,(H,16,25)(H,17,26). The molecule has 0 aliphatic carbocycles. The molecule has 0 radical (unpaired) electrons. The van der Waals surface area contributed by atoms with Gasteiger partial charge in [0.25, 0.3) is 0 Å². The summed E-state index contributed by atoms with van der Waals surface area (Å²) in [6, 6.07) is 0. The quantitative estimate of drug-likeness (QED) is 0.147. The lowest BCUT2D eigenvalue weighted by molar-refractivity contribution is -0.125. The van der Waals surface area contributed by atoms with Crippen LogP contribution in [0.25, 0.3) is 0 Å². The van der Waals surface area contributed by atoms with Gasteiger partial charge in [-0.25, -0.2) is 0 Å². The minimum atomic E-state index is -1.47. The van der Waals surface area contributed by atoms with Crippen LogP contribution in [0.1, 0.15) is 12.8 Å². The van der Waals surface area contributed by atoms with Crippen LogP contribution in [-0.4, -0.2) is 118 Å². The van der Waals surface area contributed by atoms with Gasteiger partial charge in [-0.1, -0.05) is 0 Å². The summed E-state index contributed by atoms with van der Waals surface area (Å²) in [6.45, 7) is -3.08. The van der Waals surface area contributed by atoms with Crippen LogP contribution in [0.3, 0.4) is 0 Å². The average Bonchev–Trinajstić information content (AvgIpc) is 2.67. The van der Waals surface area contributed by atoms with Gasteiger partial charge in [-0.3, -0.25) is 9.59 Å². The molecule has 26 heavy (non-hydrogen) atoms. The van der Waals surface area contributed by atoms with Crippen LogP contribution < -0.4 is 10.6 Å². The van der Waals surface area contributed by atoms with Crippen LogP contribution >= 0.6 is 0 Å². The Hall–Kier alpha value is -1.34. The Morgan fingerprint density at radius 2 is 0.962 bits per heavy atom. The Bertz CT molecular complexity index is 373. The number of aliphatic hydroxyl groups is 6. The molecule has 11 heteroatoms. The van der Waals surface area contributed by atoms with Gasteiger partial charge in [0, 0.05) is 25.9 Å². The minimum Gasteiger partial charge on any atom is -0.394 e. The van der Waals surface area contributed by atoms with Gasteiger partial charge in [-0.05, 0) is 7.05 Å². The summed E-state index contributed by atoms with van der Waals surface area (Å²) < 4.78 is 0. The second-order valence-corrected chi connectivity index (χ2v) is 6.41. The number of carbonyl (C=O) groups is 2. The second-order valence-electron chi connectivity index (χ2n) is 6.41. The summed E-state index contributed by atoms with van der Waals surface area (Å²) in [5, 5.41) is 59.7. The van der Waals surface area contributed by atoms with Crippen LogP contribution in [0.4, 0.5) is 0 Å². The highest BCUT2D eigenvalue weighted by Crippen LogP contribution is 2.04. The first kappa shape index (κ1) is 24.7. The molecule has 0 bridgehead atoms. The molecule has 2 amide bonds. The molecule has 11 nitrogen and oxygen atoms in total. The molecular formula is C15H31N3O8. The molecule has 0 saturated heterocycles. The topological polar surface area (TPSA) is 183 Å². The zero-order valence-corrected chi connectivity index (χ0v) is 15.0. The maximum Gasteiger partial charge on any atom is 0.221 e. The lowest BCUT2D eigenvalue weighted by Gasteiger charge is -2.29. The van der Waals surface area contributed by atoms with E-state index in [0.717, 1.165) is 0 Å². The summed E-state index contributed by atoms with van der Waals surface area (Å²) in [4.78, 5) is 25.4. The van der Waals surface area contributed by atoms with E-state index in [0.29, 0.717) is 0 Å². The zero-order chi connectivity index (χ0) is 20.2. The predicted molar refractivity (Wildman–Crippen MR) is 91.0 cm³/mol. The van der Waals surface area contributed by atoms with Crippen LogP contribution in [-0.2, 0) is 9.59 Å². The molecular weight excluding hydrogens is 350 g/mol. The highest BCUT2D eigenvalue weighted by Gasteiger charge is 2.30. The van der Waals surface area contributed by atoms with Crippen molar-refractivity contribution in [2.45, 2.75) is 23.9 Å². The highest BCUT2D eigenvalue weighted by molar-refractivity contribution is 5.77. The number of hydrogen-bond acceptors (Lipinski definition) is 9. The van der Waals surface area contributed by atoms with Crippen molar-refractivity contribution in [3.63, 3.8) is 0 Å². The average molecular weight is 381 g/mol. The Kier molecular flexibility index (Phi) is 11.5. The van der Waals surface area contributed by atoms with E-state index in [1.165, 1.54) is 0 Å². The van der Waals surface area contributed by atoms with Crippen molar-refractivity contribution in [3.8, 4) is 0 Å². The van der Waals surface area contributed by atoms with E-state index in [1.807, 2.05) is 0 Å². The molecule has 0 aromatic carbocycles. The molecule has 0 spiro atoms. The van der Waals surface area contributed by atoms with Gasteiger partial charge in [-0.2, -0.15) is 0 Å². The summed E-state index contributed by atoms with van der Waals surface area (Å²) in [5.41, 5.74) is -2.95. The maximum absolute atomic E-state index is 11.8. The number of nitrogens with one attached hydrogen (secondary N) is 2. The number of aliphatic hydroxyl groups excluding tert-OH is 6. The zero-order valence-electron chi connectivity index (χ0n) is 15.0. The van der Waals surface area contributed by atoms with E-state index >= 15 is 0 Å². The predicted octanol–water partition coefficient (Wildman–Crippen LogP) is -4.64. The minimum absolute atomic E-state index is 0.0216. The van der Waals surface area contributed by atoms with E-state index in [4.69, 9.17) is 30.6 Å². The fraction of sp³-hybridized carbons (Fsp3) is 0.867. The maximum atomic E-state index is 11.8. The first-order valence-corrected chi connectivity index (χ1v) is 8.21. The van der Waals surface area contributed by atoms with Crippen LogP contribution in [0.15, 0.2) is 0 Å². The van der Waals surface area contributed by atoms with Crippen molar-refractivity contribution in [2.75, 3.05) is 59.8 Å². The van der Waals surface area contributed by atoms with E-state index in [2.05, 4.69) is 10.6 Å². The monoisotopic (exact) mass is 381 g/mol. The van der Waals surface area contributed by atoms with Crippen molar-refractivity contribution in [2.24, 2.45) is 0 Å². The molecule has 8 N–H and O–H groups in total. The number of carbonyl (C=O) groups excluding carboxylic acids is 2. The molecule has 0 aromatic rings. The summed E-state index contributed by atoms with van der Waals surface area (Å²) in [5.74, 6) is -0.948. The van der Waals surface area contributed by atoms with Crippen molar-refractivity contribution in [1.29, 1.82) is 0 Å². The fourth-order valence-corrected chi connectivity index (χ4v) is 1.95. The van der Waals surface area contributed by atoms with Crippen molar-refractivity contribution in [3.05, 3.63) is 0 Å². The first-order valence-electron chi connectivity index (χ1n) is 8.21. The van der Waals surface area contributed by atoms with Gasteiger partial charge in [-0.15, -0.1) is 0 Å². The Morgan fingerprint density at radius 1 is 0.692 bits per heavy atom. The van der Waals surface area contributed by atoms with E-state index in [-0.39, 0.29) is 25.9 Å². The number of amides is 2. The summed E-state index contributed by atoms with van der Waals surface area (Å²) >= 11 is 0. The second kappa shape index (κ2) is 12.1. The fourth-order valence-electron chi connectivity index (χ4n) is 1.95. The van der Waals surface area contributed by atoms with Crippen LogP contribution in [0.5, 0.6) is 0 Å². The van der Waals surface area contributed by atoms with Gasteiger partial charge < -0.3 is 46.2 Å². The molecule has 0 aliphatic rings. The largest absolute Gasteiger partial charge is 0.394 e. The van der Waals surface area contributed by atoms with Gasteiger partial charge in [0.05, 0.1) is 39.6 Å². The molecule has 0 atom stereocenters. The molecule has 154 valence electrons. The molecule has 0 heterocycles. The SMILES string of the molecule is CN(CCC(=O)NC(CO)(CO)CO)CCC(=O)NC(CO)(CO)CO. The smallest absolute Gasteiger partial charge is 0.221 e. The molecule has 0 unspecified atom stereocenters. The third-order valence-electron chi connectivity index (χ3n) is 4.07. The molecule has 0 fully saturated rings. The number of nitrogens with zero attached hydrogens (tertiary/aromatic N) is 1. The Labute approximate surface area is 152 Å². The van der Waals surface area contributed by atoms with Crippen molar-refractivity contribution >= 4 is 11.8 Å². The van der Waals surface area contributed by atoms with Crippen LogP contribution in [0, 0.1) is 0 Å². The Morgan fingerprint density at radius 3 is 1.19 bits per heavy atom. The normalized spacial score (nSPS) is 12.3. The molecule has 0 aromatic heterocycles. The molecule has 0 rings (SSSR count). The van der Waals surface area contributed by atoms with Crippen molar-refractivity contribution < 1.29 is 40.2 Å². The van der Waals surface area contributed by atoms with E-state index < -0.39 is 62.5 Å². The summed E-state index contributed by atoms with van der Waals surface area (Å²) in [6.07, 6.45) is 0.0431. The lowest BCUT2D eigenvalue weighted by atomic mass is 10.0. The first-order chi connectivity index (χ1) is 12.3. The van der Waals surface area contributed by atoms with E-state index in [9.17, 15) is 9.59 Å². The van der Waals surface area contributed by atoms with Gasteiger partial charge >= 0.3 is 0 Å². The molecule has 0 aliphatic heterocycles. The van der Waals surface area contributed by atoms with Gasteiger partial charge in [0.1, 0.15) is 11.1 Å². The van der Waals surface area contributed by atoms with E-state index in [1.54, 1.807) is 11.9 Å². The van der Waals surface area contributed by atoms with Gasteiger partial charge in [0.2, 0.25) is 11.8 Å². The van der Waals surface area contributed by atoms with Crippen LogP contribution in [0.2, 0.25) is 0 Å². The summed E-state index contributed by atoms with van der Waals surface area (Å²) in [7, 11) is 1.68.